The standard InChI is InChI=1S/C9H18O5S.Na/c1-2-14-9(10)7-5-3-4-6-8-15(11,12)13;/h2-8H2,1H3,(H,11,12,13);/q;+1/p-1. The van der Waals surface area contributed by atoms with Crippen LogP contribution in [0.4, 0.5) is 0 Å². The van der Waals surface area contributed by atoms with Crippen LogP contribution in [-0.4, -0.2) is 31.3 Å². The molecule has 0 radical (unpaired) electrons. The maximum absolute atomic E-state index is 10.9. The number of ether oxygens (including phenoxy) is 1. The normalized spacial score (nSPS) is 10.6. The second-order valence-electron chi connectivity index (χ2n) is 3.23. The molecular formula is C9H17NaO5S. The van der Waals surface area contributed by atoms with Gasteiger partial charge in [0.25, 0.3) is 0 Å². The predicted molar refractivity (Wildman–Crippen MR) is 54.3 cm³/mol. The molecule has 0 aromatic rings. The molecule has 0 aromatic heterocycles. The van der Waals surface area contributed by atoms with Crippen molar-refractivity contribution < 1.29 is 52.1 Å². The Morgan fingerprint density at radius 3 is 2.25 bits per heavy atom. The Bertz CT molecular complexity index is 276. The molecule has 0 bridgehead atoms. The van der Waals surface area contributed by atoms with Gasteiger partial charge in [-0.1, -0.05) is 12.8 Å². The van der Waals surface area contributed by atoms with Crippen LogP contribution in [0.2, 0.25) is 0 Å². The van der Waals surface area contributed by atoms with Crippen LogP contribution < -0.4 is 29.6 Å². The molecule has 0 amide bonds. The molecule has 0 unspecified atom stereocenters. The molecule has 0 atom stereocenters. The number of unbranched alkanes of at least 4 members (excludes halogenated alkanes) is 3. The average molecular weight is 260 g/mol. The van der Waals surface area contributed by atoms with Crippen molar-refractivity contribution in [2.75, 3.05) is 12.4 Å². The summed E-state index contributed by atoms with van der Waals surface area (Å²) >= 11 is 0. The first-order valence-corrected chi connectivity index (χ1v) is 6.62. The molecule has 0 aliphatic carbocycles. The smallest absolute Gasteiger partial charge is 0.748 e. The number of carbonyl (C=O) groups is 1. The second-order valence-corrected chi connectivity index (χ2v) is 4.75. The molecule has 16 heavy (non-hydrogen) atoms. The van der Waals surface area contributed by atoms with E-state index in [9.17, 15) is 17.8 Å². The topological polar surface area (TPSA) is 83.5 Å². The summed E-state index contributed by atoms with van der Waals surface area (Å²) in [7, 11) is -4.08. The zero-order chi connectivity index (χ0) is 11.7. The maximum Gasteiger partial charge on any atom is 1.00 e. The number of carbonyl (C=O) groups excluding carboxylic acids is 1. The second kappa shape index (κ2) is 10.5. The fourth-order valence-electron chi connectivity index (χ4n) is 1.13. The summed E-state index contributed by atoms with van der Waals surface area (Å²) < 4.78 is 35.4. The van der Waals surface area contributed by atoms with Crippen LogP contribution in [0.3, 0.4) is 0 Å². The zero-order valence-corrected chi connectivity index (χ0v) is 12.7. The summed E-state index contributed by atoms with van der Waals surface area (Å²) in [6, 6.07) is 0. The minimum atomic E-state index is -4.08. The first-order chi connectivity index (χ1) is 6.95. The Labute approximate surface area is 119 Å². The van der Waals surface area contributed by atoms with E-state index < -0.39 is 10.1 Å². The quantitative estimate of drug-likeness (QED) is 0.219. The molecule has 0 aliphatic heterocycles. The van der Waals surface area contributed by atoms with Gasteiger partial charge < -0.3 is 9.29 Å². The van der Waals surface area contributed by atoms with E-state index >= 15 is 0 Å². The molecule has 0 saturated carbocycles. The Morgan fingerprint density at radius 2 is 1.75 bits per heavy atom. The molecule has 0 aromatic carbocycles. The van der Waals surface area contributed by atoms with Crippen molar-refractivity contribution in [3.8, 4) is 0 Å². The van der Waals surface area contributed by atoms with Gasteiger partial charge >= 0.3 is 35.5 Å². The van der Waals surface area contributed by atoms with Crippen molar-refractivity contribution in [2.45, 2.75) is 39.0 Å². The van der Waals surface area contributed by atoms with Crippen molar-refractivity contribution in [3.63, 3.8) is 0 Å². The van der Waals surface area contributed by atoms with Gasteiger partial charge in [0.2, 0.25) is 0 Å². The van der Waals surface area contributed by atoms with E-state index in [1.807, 2.05) is 0 Å². The van der Waals surface area contributed by atoms with E-state index in [2.05, 4.69) is 0 Å². The molecule has 0 N–H and O–H groups in total. The summed E-state index contributed by atoms with van der Waals surface area (Å²) in [5.74, 6) is -0.541. The minimum absolute atomic E-state index is 0. The van der Waals surface area contributed by atoms with Gasteiger partial charge in [-0.3, -0.25) is 4.79 Å². The largest absolute Gasteiger partial charge is 1.00 e. The molecule has 0 spiro atoms. The van der Waals surface area contributed by atoms with Gasteiger partial charge in [0.1, 0.15) is 0 Å². The fraction of sp³-hybridized carbons (Fsp3) is 0.889. The summed E-state index contributed by atoms with van der Waals surface area (Å²) in [4.78, 5) is 10.9. The van der Waals surface area contributed by atoms with Crippen LogP contribution in [-0.2, 0) is 19.6 Å². The zero-order valence-electron chi connectivity index (χ0n) is 9.90. The summed E-state index contributed by atoms with van der Waals surface area (Å²) in [6.45, 7) is 2.13. The van der Waals surface area contributed by atoms with E-state index in [-0.39, 0.29) is 41.3 Å². The van der Waals surface area contributed by atoms with E-state index in [0.29, 0.717) is 32.3 Å². The van der Waals surface area contributed by atoms with Gasteiger partial charge in [-0.05, 0) is 19.8 Å². The van der Waals surface area contributed by atoms with E-state index in [0.717, 1.165) is 6.42 Å². The molecule has 0 aliphatic rings. The monoisotopic (exact) mass is 260 g/mol. The third-order valence-electron chi connectivity index (χ3n) is 1.83. The number of rotatable bonds is 8. The number of hydrogen-bond donors (Lipinski definition) is 0. The molecule has 90 valence electrons. The Balaban J connectivity index is 0. The summed E-state index contributed by atoms with van der Waals surface area (Å²) in [6.07, 6.45) is 2.81. The van der Waals surface area contributed by atoms with Crippen molar-refractivity contribution in [1.29, 1.82) is 0 Å². The third kappa shape index (κ3) is 14.4. The van der Waals surface area contributed by atoms with E-state index in [1.165, 1.54) is 0 Å². The first-order valence-electron chi connectivity index (χ1n) is 5.05. The Morgan fingerprint density at radius 1 is 1.19 bits per heavy atom. The molecule has 0 heterocycles. The van der Waals surface area contributed by atoms with Crippen LogP contribution in [0.1, 0.15) is 39.0 Å². The van der Waals surface area contributed by atoms with Gasteiger partial charge in [-0.15, -0.1) is 0 Å². The minimum Gasteiger partial charge on any atom is -0.748 e. The molecular weight excluding hydrogens is 243 g/mol. The van der Waals surface area contributed by atoms with Crippen molar-refractivity contribution >= 4 is 16.1 Å². The average Bonchev–Trinajstić information content (AvgIpc) is 2.09. The van der Waals surface area contributed by atoms with Gasteiger partial charge in [0, 0.05) is 12.2 Å². The van der Waals surface area contributed by atoms with E-state index in [4.69, 9.17) is 4.74 Å². The van der Waals surface area contributed by atoms with Crippen molar-refractivity contribution in [1.82, 2.24) is 0 Å². The fourth-order valence-corrected chi connectivity index (χ4v) is 1.69. The molecule has 0 fully saturated rings. The number of hydrogen-bond acceptors (Lipinski definition) is 5. The van der Waals surface area contributed by atoms with Gasteiger partial charge in [-0.25, -0.2) is 8.42 Å². The first kappa shape index (κ1) is 18.7. The van der Waals surface area contributed by atoms with Gasteiger partial charge in [-0.2, -0.15) is 0 Å². The van der Waals surface area contributed by atoms with Crippen molar-refractivity contribution in [2.24, 2.45) is 0 Å². The molecule has 0 rings (SSSR count). The number of esters is 1. The Hall–Kier alpha value is 0.380. The van der Waals surface area contributed by atoms with Gasteiger partial charge in [0.15, 0.2) is 0 Å². The van der Waals surface area contributed by atoms with Crippen LogP contribution in [0, 0.1) is 0 Å². The molecule has 0 saturated heterocycles. The molecule has 5 nitrogen and oxygen atoms in total. The van der Waals surface area contributed by atoms with Crippen LogP contribution >= 0.6 is 0 Å². The Kier molecular flexibility index (Phi) is 12.3. The van der Waals surface area contributed by atoms with Crippen molar-refractivity contribution in [3.05, 3.63) is 0 Å². The van der Waals surface area contributed by atoms with Crippen LogP contribution in [0.5, 0.6) is 0 Å². The maximum atomic E-state index is 10.9. The predicted octanol–water partition coefficient (Wildman–Crippen LogP) is -1.95. The van der Waals surface area contributed by atoms with Crippen LogP contribution in [0.15, 0.2) is 0 Å². The third-order valence-corrected chi connectivity index (χ3v) is 2.62. The molecule has 7 heteroatoms. The van der Waals surface area contributed by atoms with Crippen LogP contribution in [0.25, 0.3) is 0 Å². The SMILES string of the molecule is CCOC(=O)CCCCCCS(=O)(=O)[O-].[Na+]. The van der Waals surface area contributed by atoms with E-state index in [1.54, 1.807) is 6.92 Å². The van der Waals surface area contributed by atoms with Gasteiger partial charge in [0.05, 0.1) is 16.7 Å². The summed E-state index contributed by atoms with van der Waals surface area (Å²) in [5, 5.41) is 0. The summed E-state index contributed by atoms with van der Waals surface area (Å²) in [5.41, 5.74) is 0.